The van der Waals surface area contributed by atoms with Crippen LogP contribution >= 0.6 is 23.1 Å². The van der Waals surface area contributed by atoms with Gasteiger partial charge in [0.15, 0.2) is 15.0 Å². The van der Waals surface area contributed by atoms with Crippen LogP contribution in [0.2, 0.25) is 0 Å². The van der Waals surface area contributed by atoms with Crippen molar-refractivity contribution in [2.45, 2.75) is 10.6 Å². The maximum absolute atomic E-state index is 12.8. The summed E-state index contributed by atoms with van der Waals surface area (Å²) in [7, 11) is -3.25. The third kappa shape index (κ3) is 5.78. The predicted molar refractivity (Wildman–Crippen MR) is 124 cm³/mol. The summed E-state index contributed by atoms with van der Waals surface area (Å²) in [6.45, 7) is 4.11. The number of pyridine rings is 1. The molecule has 0 unspecified atom stereocenters. The first-order valence-electron chi connectivity index (χ1n) is 9.03. The van der Waals surface area contributed by atoms with E-state index in [9.17, 15) is 13.2 Å². The molecule has 30 heavy (non-hydrogen) atoms. The van der Waals surface area contributed by atoms with Gasteiger partial charge < -0.3 is 0 Å². The molecule has 0 atom stereocenters. The Morgan fingerprint density at radius 2 is 2.00 bits per heavy atom. The molecular formula is C21H21N3O3S3. The van der Waals surface area contributed by atoms with Crippen LogP contribution in [-0.4, -0.2) is 42.8 Å². The number of nitrogens with zero attached hydrogens (tertiary/aromatic N) is 3. The SMILES string of the molecule is C=CCN(C(=O)CSCc1ccccn1)c1nc(-c2ccc(S(C)(=O)=O)cc2)cs1. The van der Waals surface area contributed by atoms with Crippen LogP contribution in [0, 0.1) is 0 Å². The van der Waals surface area contributed by atoms with Gasteiger partial charge in [0.1, 0.15) is 0 Å². The second-order valence-corrected chi connectivity index (χ2v) is 10.3. The smallest absolute Gasteiger partial charge is 0.239 e. The van der Waals surface area contributed by atoms with Crippen LogP contribution in [0.3, 0.4) is 0 Å². The van der Waals surface area contributed by atoms with Crippen LogP contribution in [0.25, 0.3) is 11.3 Å². The van der Waals surface area contributed by atoms with Crippen molar-refractivity contribution in [2.75, 3.05) is 23.5 Å². The predicted octanol–water partition coefficient (Wildman–Crippen LogP) is 4.06. The number of aromatic nitrogens is 2. The number of benzene rings is 1. The van der Waals surface area contributed by atoms with Crippen molar-refractivity contribution in [3.63, 3.8) is 0 Å². The Morgan fingerprint density at radius 3 is 2.63 bits per heavy atom. The van der Waals surface area contributed by atoms with Gasteiger partial charge in [-0.05, 0) is 24.3 Å². The molecule has 0 aliphatic heterocycles. The number of hydrogen-bond donors (Lipinski definition) is 0. The Hall–Kier alpha value is -2.49. The minimum Gasteiger partial charge on any atom is -0.284 e. The van der Waals surface area contributed by atoms with E-state index in [0.717, 1.165) is 11.3 Å². The number of carbonyl (C=O) groups excluding carboxylic acids is 1. The Morgan fingerprint density at radius 1 is 1.23 bits per heavy atom. The molecule has 1 aromatic carbocycles. The van der Waals surface area contributed by atoms with Gasteiger partial charge in [-0.25, -0.2) is 13.4 Å². The number of thioether (sulfide) groups is 1. The van der Waals surface area contributed by atoms with Crippen LogP contribution < -0.4 is 4.90 Å². The van der Waals surface area contributed by atoms with E-state index >= 15 is 0 Å². The molecule has 0 aliphatic carbocycles. The molecule has 2 heterocycles. The summed E-state index contributed by atoms with van der Waals surface area (Å²) in [6, 6.07) is 12.3. The number of carbonyl (C=O) groups is 1. The lowest BCUT2D eigenvalue weighted by Crippen LogP contribution is -2.32. The molecule has 2 aromatic heterocycles. The first kappa shape index (κ1) is 22.2. The van der Waals surface area contributed by atoms with E-state index in [4.69, 9.17) is 0 Å². The topological polar surface area (TPSA) is 80.2 Å². The molecule has 0 bridgehead atoms. The van der Waals surface area contributed by atoms with Gasteiger partial charge in [0, 0.05) is 35.7 Å². The summed E-state index contributed by atoms with van der Waals surface area (Å²) in [5, 5.41) is 2.44. The second-order valence-electron chi connectivity index (χ2n) is 6.42. The Labute approximate surface area is 184 Å². The molecule has 3 rings (SSSR count). The average Bonchev–Trinajstić information content (AvgIpc) is 3.22. The van der Waals surface area contributed by atoms with Crippen molar-refractivity contribution in [3.05, 3.63) is 72.4 Å². The fraction of sp³-hybridized carbons (Fsp3) is 0.190. The summed E-state index contributed by atoms with van der Waals surface area (Å²) in [5.74, 6) is 0.913. The van der Waals surface area contributed by atoms with Crippen LogP contribution in [0.4, 0.5) is 5.13 Å². The second kappa shape index (κ2) is 10.0. The van der Waals surface area contributed by atoms with Gasteiger partial charge in [-0.15, -0.1) is 29.7 Å². The van der Waals surface area contributed by atoms with Crippen molar-refractivity contribution in [2.24, 2.45) is 0 Å². The maximum Gasteiger partial charge on any atom is 0.239 e. The highest BCUT2D eigenvalue weighted by Gasteiger charge is 2.19. The van der Waals surface area contributed by atoms with Gasteiger partial charge in [-0.1, -0.05) is 24.3 Å². The number of sulfone groups is 1. The fourth-order valence-electron chi connectivity index (χ4n) is 2.61. The van der Waals surface area contributed by atoms with Crippen LogP contribution in [0.5, 0.6) is 0 Å². The molecule has 0 fully saturated rings. The molecule has 6 nitrogen and oxygen atoms in total. The van der Waals surface area contributed by atoms with E-state index in [1.807, 2.05) is 23.6 Å². The van der Waals surface area contributed by atoms with Crippen molar-refractivity contribution < 1.29 is 13.2 Å². The summed E-state index contributed by atoms with van der Waals surface area (Å²) >= 11 is 2.87. The normalized spacial score (nSPS) is 11.2. The lowest BCUT2D eigenvalue weighted by molar-refractivity contribution is -0.116. The van der Waals surface area contributed by atoms with Gasteiger partial charge in [0.05, 0.1) is 22.0 Å². The molecule has 156 valence electrons. The largest absolute Gasteiger partial charge is 0.284 e. The average molecular weight is 460 g/mol. The zero-order chi connectivity index (χ0) is 21.6. The third-order valence-electron chi connectivity index (χ3n) is 4.12. The zero-order valence-corrected chi connectivity index (χ0v) is 18.8. The third-order valence-corrected chi connectivity index (χ3v) is 7.06. The van der Waals surface area contributed by atoms with E-state index < -0.39 is 9.84 Å². The van der Waals surface area contributed by atoms with Gasteiger partial charge >= 0.3 is 0 Å². The molecule has 1 amide bonds. The molecule has 9 heteroatoms. The highest BCUT2D eigenvalue weighted by Crippen LogP contribution is 2.29. The number of hydrogen-bond acceptors (Lipinski definition) is 7. The highest BCUT2D eigenvalue weighted by molar-refractivity contribution is 7.99. The molecule has 0 radical (unpaired) electrons. The number of rotatable bonds is 9. The first-order valence-corrected chi connectivity index (χ1v) is 13.0. The summed E-state index contributed by atoms with van der Waals surface area (Å²) in [5.41, 5.74) is 2.41. The fourth-order valence-corrected chi connectivity index (χ4v) is 4.92. The van der Waals surface area contributed by atoms with Crippen molar-refractivity contribution in [1.82, 2.24) is 9.97 Å². The molecule has 0 aliphatic rings. The zero-order valence-electron chi connectivity index (χ0n) is 16.4. The molecular weight excluding hydrogens is 438 g/mol. The summed E-state index contributed by atoms with van der Waals surface area (Å²) in [4.78, 5) is 23.5. The quantitative estimate of drug-likeness (QED) is 0.449. The lowest BCUT2D eigenvalue weighted by Gasteiger charge is -2.17. The molecule has 0 saturated carbocycles. The Kier molecular flexibility index (Phi) is 7.41. The Balaban J connectivity index is 1.69. The summed E-state index contributed by atoms with van der Waals surface area (Å²) < 4.78 is 23.2. The molecule has 0 saturated heterocycles. The van der Waals surface area contributed by atoms with E-state index in [-0.39, 0.29) is 10.8 Å². The maximum atomic E-state index is 12.8. The van der Waals surface area contributed by atoms with Crippen molar-refractivity contribution in [3.8, 4) is 11.3 Å². The van der Waals surface area contributed by atoms with E-state index in [1.54, 1.807) is 41.4 Å². The van der Waals surface area contributed by atoms with Gasteiger partial charge in [-0.2, -0.15) is 0 Å². The highest BCUT2D eigenvalue weighted by atomic mass is 32.2. The number of thiazole rings is 1. The van der Waals surface area contributed by atoms with Crippen LogP contribution in [0.1, 0.15) is 5.69 Å². The van der Waals surface area contributed by atoms with E-state index in [1.165, 1.54) is 29.4 Å². The minimum absolute atomic E-state index is 0.0517. The number of anilines is 1. The lowest BCUT2D eigenvalue weighted by atomic mass is 10.2. The van der Waals surface area contributed by atoms with Crippen molar-refractivity contribution in [1.29, 1.82) is 0 Å². The first-order chi connectivity index (χ1) is 14.4. The van der Waals surface area contributed by atoms with Gasteiger partial charge in [0.25, 0.3) is 0 Å². The van der Waals surface area contributed by atoms with Gasteiger partial charge in [-0.3, -0.25) is 14.7 Å². The molecule has 3 aromatic rings. The monoisotopic (exact) mass is 459 g/mol. The standard InChI is InChI=1S/C21H21N3O3S3/c1-3-12-24(20(25)15-28-13-17-6-4-5-11-22-17)21-23-19(14-29-21)16-7-9-18(10-8-16)30(2,26)27/h3-11,14H,1,12-13,15H2,2H3. The number of amides is 1. The van der Waals surface area contributed by atoms with Crippen LogP contribution in [0.15, 0.2) is 71.6 Å². The van der Waals surface area contributed by atoms with E-state index in [2.05, 4.69) is 16.5 Å². The Bertz CT molecular complexity index is 1110. The molecule has 0 N–H and O–H groups in total. The summed E-state index contributed by atoms with van der Waals surface area (Å²) in [6.07, 6.45) is 4.58. The molecule has 0 spiro atoms. The van der Waals surface area contributed by atoms with Gasteiger partial charge in [0.2, 0.25) is 5.91 Å². The van der Waals surface area contributed by atoms with E-state index in [0.29, 0.717) is 28.9 Å². The van der Waals surface area contributed by atoms with Crippen molar-refractivity contribution >= 4 is 44.0 Å². The minimum atomic E-state index is -3.25. The van der Waals surface area contributed by atoms with Crippen LogP contribution in [-0.2, 0) is 20.4 Å².